The summed E-state index contributed by atoms with van der Waals surface area (Å²) in [5.74, 6) is 1.36. The molecule has 1 rings (SSSR count). The Bertz CT molecular complexity index is 400. The highest BCUT2D eigenvalue weighted by molar-refractivity contribution is 14.0. The first-order valence-corrected chi connectivity index (χ1v) is 5.86. The van der Waals surface area contributed by atoms with Gasteiger partial charge < -0.3 is 16.0 Å². The number of hydrogen-bond donors (Lipinski definition) is 3. The third-order valence-corrected chi connectivity index (χ3v) is 2.47. The fraction of sp³-hybridized carbons (Fsp3) is 0.400. The lowest BCUT2D eigenvalue weighted by atomic mass is 10.4. The van der Waals surface area contributed by atoms with E-state index < -0.39 is 0 Å². The molecule has 18 heavy (non-hydrogen) atoms. The first-order valence-electron chi connectivity index (χ1n) is 5.10. The summed E-state index contributed by atoms with van der Waals surface area (Å²) in [6.45, 7) is 1.38. The summed E-state index contributed by atoms with van der Waals surface area (Å²) in [5.41, 5.74) is 0. The molecule has 1 heterocycles. The van der Waals surface area contributed by atoms with Gasteiger partial charge in [-0.1, -0.05) is 23.2 Å². The molecular weight excluding hydrogens is 388 g/mol. The highest BCUT2D eigenvalue weighted by Gasteiger charge is 2.01. The van der Waals surface area contributed by atoms with Gasteiger partial charge in [-0.15, -0.1) is 24.0 Å². The Labute approximate surface area is 134 Å². The van der Waals surface area contributed by atoms with Crippen molar-refractivity contribution in [1.29, 1.82) is 0 Å². The molecule has 0 saturated carbocycles. The van der Waals surface area contributed by atoms with E-state index in [0.29, 0.717) is 29.0 Å². The monoisotopic (exact) mass is 403 g/mol. The van der Waals surface area contributed by atoms with E-state index in [0.717, 1.165) is 5.96 Å². The van der Waals surface area contributed by atoms with Gasteiger partial charge in [-0.05, 0) is 6.07 Å². The molecular formula is C10H16Cl2IN5. The van der Waals surface area contributed by atoms with Crippen LogP contribution in [0.25, 0.3) is 0 Å². The second-order valence-corrected chi connectivity index (χ2v) is 4.00. The van der Waals surface area contributed by atoms with E-state index >= 15 is 0 Å². The Balaban J connectivity index is 0.00000289. The van der Waals surface area contributed by atoms with Crippen LogP contribution in [0.1, 0.15) is 0 Å². The summed E-state index contributed by atoms with van der Waals surface area (Å²) in [4.78, 5) is 8.07. The van der Waals surface area contributed by atoms with Crippen LogP contribution in [-0.4, -0.2) is 38.1 Å². The number of aromatic nitrogens is 1. The molecule has 5 nitrogen and oxygen atoms in total. The van der Waals surface area contributed by atoms with Crippen molar-refractivity contribution in [3.63, 3.8) is 0 Å². The van der Waals surface area contributed by atoms with Crippen molar-refractivity contribution in [1.82, 2.24) is 15.6 Å². The van der Waals surface area contributed by atoms with Gasteiger partial charge in [0.2, 0.25) is 0 Å². The molecule has 0 amide bonds. The summed E-state index contributed by atoms with van der Waals surface area (Å²) in [6, 6.07) is 1.65. The van der Waals surface area contributed by atoms with E-state index in [9.17, 15) is 0 Å². The summed E-state index contributed by atoms with van der Waals surface area (Å²) in [6.07, 6.45) is 1.55. The van der Waals surface area contributed by atoms with E-state index in [-0.39, 0.29) is 24.0 Å². The first kappa shape index (κ1) is 17.5. The molecule has 0 aliphatic rings. The smallest absolute Gasteiger partial charge is 0.190 e. The Hall–Kier alpha value is -0.470. The van der Waals surface area contributed by atoms with E-state index in [2.05, 4.69) is 25.9 Å². The van der Waals surface area contributed by atoms with Crippen molar-refractivity contribution >= 4 is 59.0 Å². The SMILES string of the molecule is CN=C(NC)NCCNc1ncc(Cl)cc1Cl.I. The summed E-state index contributed by atoms with van der Waals surface area (Å²) >= 11 is 11.7. The molecule has 0 bridgehead atoms. The van der Waals surface area contributed by atoms with Gasteiger partial charge in [-0.25, -0.2) is 4.98 Å². The maximum atomic E-state index is 5.96. The van der Waals surface area contributed by atoms with Crippen LogP contribution in [0.15, 0.2) is 17.3 Å². The number of rotatable bonds is 4. The van der Waals surface area contributed by atoms with Crippen molar-refractivity contribution in [2.24, 2.45) is 4.99 Å². The van der Waals surface area contributed by atoms with Crippen molar-refractivity contribution in [3.05, 3.63) is 22.3 Å². The molecule has 0 radical (unpaired) electrons. The lowest BCUT2D eigenvalue weighted by Crippen LogP contribution is -2.37. The fourth-order valence-electron chi connectivity index (χ4n) is 1.19. The molecule has 1 aromatic heterocycles. The molecule has 3 N–H and O–H groups in total. The Morgan fingerprint density at radius 3 is 2.67 bits per heavy atom. The number of halogens is 3. The molecule has 0 saturated heterocycles. The largest absolute Gasteiger partial charge is 0.367 e. The Morgan fingerprint density at radius 1 is 1.39 bits per heavy atom. The molecule has 102 valence electrons. The lowest BCUT2D eigenvalue weighted by Gasteiger charge is -2.10. The number of anilines is 1. The van der Waals surface area contributed by atoms with Crippen molar-refractivity contribution in [3.8, 4) is 0 Å². The molecule has 0 atom stereocenters. The predicted molar refractivity (Wildman–Crippen MR) is 88.6 cm³/mol. The highest BCUT2D eigenvalue weighted by atomic mass is 127. The molecule has 1 aromatic rings. The van der Waals surface area contributed by atoms with Gasteiger partial charge in [0.05, 0.1) is 10.0 Å². The van der Waals surface area contributed by atoms with Gasteiger partial charge in [-0.3, -0.25) is 4.99 Å². The van der Waals surface area contributed by atoms with Crippen molar-refractivity contribution in [2.45, 2.75) is 0 Å². The minimum atomic E-state index is 0. The minimum Gasteiger partial charge on any atom is -0.367 e. The fourth-order valence-corrected chi connectivity index (χ4v) is 1.63. The zero-order valence-corrected chi connectivity index (χ0v) is 14.0. The van der Waals surface area contributed by atoms with Crippen LogP contribution in [-0.2, 0) is 0 Å². The van der Waals surface area contributed by atoms with Gasteiger partial charge in [-0.2, -0.15) is 0 Å². The second kappa shape index (κ2) is 9.46. The topological polar surface area (TPSA) is 61.3 Å². The van der Waals surface area contributed by atoms with Gasteiger partial charge in [0, 0.05) is 33.4 Å². The summed E-state index contributed by atoms with van der Waals surface area (Å²) in [7, 11) is 3.52. The Morgan fingerprint density at radius 2 is 2.11 bits per heavy atom. The average Bonchev–Trinajstić information content (AvgIpc) is 2.32. The van der Waals surface area contributed by atoms with Crippen LogP contribution in [0, 0.1) is 0 Å². The van der Waals surface area contributed by atoms with E-state index in [1.54, 1.807) is 26.4 Å². The van der Waals surface area contributed by atoms with Gasteiger partial charge >= 0.3 is 0 Å². The summed E-state index contributed by atoms with van der Waals surface area (Å²) in [5, 5.41) is 10.1. The van der Waals surface area contributed by atoms with Crippen LogP contribution in [0.2, 0.25) is 10.0 Å². The molecule has 0 spiro atoms. The third kappa shape index (κ3) is 5.92. The number of guanidine groups is 1. The maximum absolute atomic E-state index is 5.96. The van der Waals surface area contributed by atoms with Gasteiger partial charge in [0.1, 0.15) is 5.82 Å². The maximum Gasteiger partial charge on any atom is 0.190 e. The van der Waals surface area contributed by atoms with Gasteiger partial charge in [0.15, 0.2) is 5.96 Å². The zero-order valence-electron chi connectivity index (χ0n) is 10.1. The predicted octanol–water partition coefficient (Wildman–Crippen LogP) is 2.21. The highest BCUT2D eigenvalue weighted by Crippen LogP contribution is 2.21. The number of aliphatic imine (C=N–C) groups is 1. The van der Waals surface area contributed by atoms with Crippen LogP contribution in [0.4, 0.5) is 5.82 Å². The lowest BCUT2D eigenvalue weighted by molar-refractivity contribution is 0.863. The van der Waals surface area contributed by atoms with Crippen LogP contribution in [0.3, 0.4) is 0 Å². The Kier molecular flexibility index (Phi) is 9.21. The molecule has 0 aromatic carbocycles. The summed E-state index contributed by atoms with van der Waals surface area (Å²) < 4.78 is 0. The van der Waals surface area contributed by atoms with Gasteiger partial charge in [0.25, 0.3) is 0 Å². The number of hydrogen-bond acceptors (Lipinski definition) is 3. The second-order valence-electron chi connectivity index (χ2n) is 3.16. The van der Waals surface area contributed by atoms with E-state index in [1.807, 2.05) is 0 Å². The molecule has 0 aliphatic carbocycles. The zero-order chi connectivity index (χ0) is 12.7. The first-order chi connectivity index (χ1) is 8.17. The van der Waals surface area contributed by atoms with Crippen molar-refractivity contribution < 1.29 is 0 Å². The number of nitrogens with one attached hydrogen (secondary N) is 3. The van der Waals surface area contributed by atoms with E-state index in [4.69, 9.17) is 23.2 Å². The third-order valence-electron chi connectivity index (χ3n) is 1.98. The van der Waals surface area contributed by atoms with Crippen LogP contribution >= 0.6 is 47.2 Å². The normalized spacial score (nSPS) is 10.6. The molecule has 0 aliphatic heterocycles. The van der Waals surface area contributed by atoms with E-state index in [1.165, 1.54) is 0 Å². The minimum absolute atomic E-state index is 0. The quantitative estimate of drug-likeness (QED) is 0.312. The molecule has 0 unspecified atom stereocenters. The van der Waals surface area contributed by atoms with Crippen molar-refractivity contribution in [2.75, 3.05) is 32.5 Å². The van der Waals surface area contributed by atoms with Crippen LogP contribution in [0.5, 0.6) is 0 Å². The van der Waals surface area contributed by atoms with Crippen LogP contribution < -0.4 is 16.0 Å². The standard InChI is InChI=1S/C10H15Cl2N5.HI/c1-13-10(14-2)16-4-3-15-9-8(12)5-7(11)6-17-9;/h5-6H,3-4H2,1-2H3,(H,15,17)(H2,13,14,16);1H. The number of nitrogens with zero attached hydrogens (tertiary/aromatic N) is 2. The average molecular weight is 404 g/mol. The molecule has 0 fully saturated rings. The number of pyridine rings is 1. The molecule has 8 heteroatoms.